The molecule has 0 bridgehead atoms. The fourth-order valence-corrected chi connectivity index (χ4v) is 3.55. The highest BCUT2D eigenvalue weighted by Crippen LogP contribution is 2.22. The minimum Gasteiger partial charge on any atom is -0.381 e. The lowest BCUT2D eigenvalue weighted by Crippen LogP contribution is -2.24. The molecule has 2 aromatic carbocycles. The summed E-state index contributed by atoms with van der Waals surface area (Å²) in [6, 6.07) is 13.6. The van der Waals surface area contributed by atoms with Crippen LogP contribution < -0.4 is 10.6 Å². The Bertz CT molecular complexity index is 1170. The molecule has 4 heteroatoms. The molecular weight excluding hydrogens is 433 g/mol. The zero-order chi connectivity index (χ0) is 26.1. The van der Waals surface area contributed by atoms with E-state index in [1.807, 2.05) is 32.9 Å². The second-order valence-electron chi connectivity index (χ2n) is 8.96. The van der Waals surface area contributed by atoms with Crippen LogP contribution in [0.25, 0.3) is 5.57 Å². The minimum atomic E-state index is -0.201. The number of rotatable bonds is 12. The van der Waals surface area contributed by atoms with E-state index in [-0.39, 0.29) is 11.9 Å². The molecule has 2 aromatic rings. The maximum absolute atomic E-state index is 13.5. The summed E-state index contributed by atoms with van der Waals surface area (Å²) in [5.74, 6) is -0.201. The number of halogens is 1. The maximum Gasteiger partial charge on any atom is 0.126 e. The van der Waals surface area contributed by atoms with Gasteiger partial charge < -0.3 is 10.6 Å². The molecule has 0 aromatic heterocycles. The largest absolute Gasteiger partial charge is 0.381 e. The van der Waals surface area contributed by atoms with E-state index < -0.39 is 0 Å². The van der Waals surface area contributed by atoms with Crippen molar-refractivity contribution >= 4 is 11.3 Å². The van der Waals surface area contributed by atoms with Crippen molar-refractivity contribution < 1.29 is 4.39 Å². The van der Waals surface area contributed by atoms with Gasteiger partial charge in [0.15, 0.2) is 0 Å². The Labute approximate surface area is 210 Å². The molecule has 2 rings (SSSR count). The van der Waals surface area contributed by atoms with Crippen LogP contribution in [0.5, 0.6) is 0 Å². The van der Waals surface area contributed by atoms with E-state index in [1.165, 1.54) is 11.6 Å². The molecular formula is C31H38FN3. The van der Waals surface area contributed by atoms with Gasteiger partial charge in [-0.2, -0.15) is 0 Å². The third-order valence-electron chi connectivity index (χ3n) is 5.74. The molecule has 0 saturated heterocycles. The first-order valence-corrected chi connectivity index (χ1v) is 11.8. The zero-order valence-electron chi connectivity index (χ0n) is 21.8. The highest BCUT2D eigenvalue weighted by molar-refractivity contribution is 6.08. The van der Waals surface area contributed by atoms with Gasteiger partial charge in [0.05, 0.1) is 17.5 Å². The Morgan fingerprint density at radius 2 is 1.66 bits per heavy atom. The van der Waals surface area contributed by atoms with E-state index >= 15 is 0 Å². The molecule has 0 fully saturated rings. The van der Waals surface area contributed by atoms with Crippen LogP contribution in [0.15, 0.2) is 103 Å². The molecule has 0 saturated carbocycles. The fourth-order valence-electron chi connectivity index (χ4n) is 3.55. The van der Waals surface area contributed by atoms with Crippen LogP contribution in [-0.2, 0) is 6.54 Å². The first-order valence-electron chi connectivity index (χ1n) is 11.8. The predicted molar refractivity (Wildman–Crippen MR) is 150 cm³/mol. The van der Waals surface area contributed by atoms with Crippen molar-refractivity contribution in [3.8, 4) is 0 Å². The number of aryl methyl sites for hydroxylation is 1. The van der Waals surface area contributed by atoms with Crippen molar-refractivity contribution in [2.75, 3.05) is 0 Å². The molecule has 0 aliphatic carbocycles. The number of benzene rings is 2. The van der Waals surface area contributed by atoms with E-state index in [1.54, 1.807) is 13.0 Å². The van der Waals surface area contributed by atoms with Crippen molar-refractivity contribution in [2.45, 2.75) is 53.6 Å². The SMILES string of the molecule is C=C(C)N=C(/C=C(\C)C(=C)NCc1ccc(F)c(C)c1)C(=C)N[C@@H](CC)c1ccc(C(=C)C)cc1. The standard InChI is InChI=1S/C31H38FN3/c1-10-30(28-14-12-27(13-15-28)20(2)3)35-25(9)31(34-21(4)5)18-22(6)24(8)33-19-26-11-16-29(32)23(7)17-26/h11-18,30,33,35H,2,4,8-10,19H2,1,3,5-7H3/b22-18+,34-31?/t30-/m0/s1. The van der Waals surface area contributed by atoms with Gasteiger partial charge in [-0.25, -0.2) is 4.39 Å². The van der Waals surface area contributed by atoms with Gasteiger partial charge in [-0.15, -0.1) is 0 Å². The summed E-state index contributed by atoms with van der Waals surface area (Å²) in [4.78, 5) is 4.62. The van der Waals surface area contributed by atoms with E-state index in [0.717, 1.165) is 34.4 Å². The van der Waals surface area contributed by atoms with Gasteiger partial charge >= 0.3 is 0 Å². The molecule has 35 heavy (non-hydrogen) atoms. The molecule has 3 nitrogen and oxygen atoms in total. The number of hydrogen-bond acceptors (Lipinski definition) is 3. The maximum atomic E-state index is 13.5. The first kappa shape index (κ1) is 27.6. The van der Waals surface area contributed by atoms with E-state index in [4.69, 9.17) is 0 Å². The normalized spacial score (nSPS) is 12.6. The Morgan fingerprint density at radius 1 is 1.00 bits per heavy atom. The van der Waals surface area contributed by atoms with Gasteiger partial charge in [0.1, 0.15) is 5.82 Å². The lowest BCUT2D eigenvalue weighted by Gasteiger charge is -2.21. The van der Waals surface area contributed by atoms with Gasteiger partial charge in [-0.1, -0.05) is 75.2 Å². The molecule has 0 unspecified atom stereocenters. The van der Waals surface area contributed by atoms with Gasteiger partial charge in [0.25, 0.3) is 0 Å². The van der Waals surface area contributed by atoms with Gasteiger partial charge in [0, 0.05) is 17.9 Å². The molecule has 0 amide bonds. The van der Waals surface area contributed by atoms with Gasteiger partial charge in [-0.05, 0) is 74.1 Å². The molecule has 0 radical (unpaired) electrons. The smallest absolute Gasteiger partial charge is 0.126 e. The molecule has 2 N–H and O–H groups in total. The van der Waals surface area contributed by atoms with Crippen LogP contribution in [-0.4, -0.2) is 5.71 Å². The molecule has 1 atom stereocenters. The van der Waals surface area contributed by atoms with Crippen molar-refractivity contribution in [1.82, 2.24) is 10.6 Å². The number of aliphatic imine (C=N–C) groups is 1. The summed E-state index contributed by atoms with van der Waals surface area (Å²) < 4.78 is 13.5. The summed E-state index contributed by atoms with van der Waals surface area (Å²) in [6.45, 7) is 26.7. The molecule has 0 spiro atoms. The summed E-state index contributed by atoms with van der Waals surface area (Å²) >= 11 is 0. The molecule has 0 aliphatic rings. The van der Waals surface area contributed by atoms with Crippen LogP contribution in [0, 0.1) is 12.7 Å². The number of nitrogens with one attached hydrogen (secondary N) is 2. The topological polar surface area (TPSA) is 36.4 Å². The van der Waals surface area contributed by atoms with Gasteiger partial charge in [0.2, 0.25) is 0 Å². The Morgan fingerprint density at radius 3 is 2.20 bits per heavy atom. The first-order chi connectivity index (χ1) is 16.5. The lowest BCUT2D eigenvalue weighted by atomic mass is 10.00. The number of hydrogen-bond donors (Lipinski definition) is 2. The highest BCUT2D eigenvalue weighted by atomic mass is 19.1. The highest BCUT2D eigenvalue weighted by Gasteiger charge is 2.13. The summed E-state index contributed by atoms with van der Waals surface area (Å²) in [6.07, 6.45) is 2.84. The number of nitrogens with zero attached hydrogens (tertiary/aromatic N) is 1. The minimum absolute atomic E-state index is 0.0914. The van der Waals surface area contributed by atoms with Crippen LogP contribution in [0.2, 0.25) is 0 Å². The zero-order valence-corrected chi connectivity index (χ0v) is 21.8. The van der Waals surface area contributed by atoms with Crippen LogP contribution >= 0.6 is 0 Å². The third kappa shape index (κ3) is 8.25. The summed E-state index contributed by atoms with van der Waals surface area (Å²) in [5.41, 5.74) is 8.75. The van der Waals surface area contributed by atoms with Crippen molar-refractivity contribution in [2.24, 2.45) is 4.99 Å². The predicted octanol–water partition coefficient (Wildman–Crippen LogP) is 7.95. The fraction of sp³-hybridized carbons (Fsp3) is 0.258. The number of allylic oxidation sites excluding steroid dienone is 4. The second kappa shape index (κ2) is 12.7. The van der Waals surface area contributed by atoms with Crippen LogP contribution in [0.4, 0.5) is 4.39 Å². The van der Waals surface area contributed by atoms with Crippen LogP contribution in [0.3, 0.4) is 0 Å². The summed E-state index contributed by atoms with van der Waals surface area (Å²) in [5, 5.41) is 6.85. The Hall–Kier alpha value is -3.66. The van der Waals surface area contributed by atoms with E-state index in [9.17, 15) is 4.39 Å². The van der Waals surface area contributed by atoms with Crippen molar-refractivity contribution in [1.29, 1.82) is 0 Å². The Balaban J connectivity index is 2.15. The average Bonchev–Trinajstić information content (AvgIpc) is 2.82. The second-order valence-corrected chi connectivity index (χ2v) is 8.96. The van der Waals surface area contributed by atoms with Crippen molar-refractivity contribution in [3.05, 3.63) is 126 Å². The van der Waals surface area contributed by atoms with E-state index in [2.05, 4.69) is 73.1 Å². The van der Waals surface area contributed by atoms with Crippen molar-refractivity contribution in [3.63, 3.8) is 0 Å². The summed E-state index contributed by atoms with van der Waals surface area (Å²) in [7, 11) is 0. The molecule has 0 aliphatic heterocycles. The van der Waals surface area contributed by atoms with Crippen LogP contribution in [0.1, 0.15) is 62.4 Å². The molecule has 0 heterocycles. The lowest BCUT2D eigenvalue weighted by molar-refractivity contribution is 0.593. The monoisotopic (exact) mass is 471 g/mol. The average molecular weight is 472 g/mol. The van der Waals surface area contributed by atoms with E-state index in [0.29, 0.717) is 29.2 Å². The Kier molecular flexibility index (Phi) is 10.0. The van der Waals surface area contributed by atoms with Gasteiger partial charge in [-0.3, -0.25) is 4.99 Å². The third-order valence-corrected chi connectivity index (χ3v) is 5.74. The molecule has 184 valence electrons. The quantitative estimate of drug-likeness (QED) is 0.243.